The van der Waals surface area contributed by atoms with Gasteiger partial charge in [-0.1, -0.05) is 12.1 Å². The molecular formula is C14H19N3O. The molecule has 0 atom stereocenters. The molecule has 0 bridgehead atoms. The summed E-state index contributed by atoms with van der Waals surface area (Å²) >= 11 is 0. The van der Waals surface area contributed by atoms with E-state index in [0.717, 1.165) is 17.1 Å². The summed E-state index contributed by atoms with van der Waals surface area (Å²) in [5.74, 6) is 1.74. The summed E-state index contributed by atoms with van der Waals surface area (Å²) in [6, 6.07) is 8.30. The molecule has 1 aromatic carbocycles. The fraction of sp³-hybridized carbons (Fsp3) is 0.429. The monoisotopic (exact) mass is 245 g/mol. The van der Waals surface area contributed by atoms with Crippen LogP contribution in [0.2, 0.25) is 0 Å². The van der Waals surface area contributed by atoms with Crippen molar-refractivity contribution in [2.24, 2.45) is 0 Å². The van der Waals surface area contributed by atoms with Crippen LogP contribution in [0, 0.1) is 0 Å². The number of benzene rings is 1. The van der Waals surface area contributed by atoms with Crippen LogP contribution in [-0.4, -0.2) is 20.9 Å². The van der Waals surface area contributed by atoms with Crippen LogP contribution >= 0.6 is 0 Å². The maximum atomic E-state index is 5.70. The van der Waals surface area contributed by atoms with Gasteiger partial charge in [0, 0.05) is 11.6 Å². The molecule has 0 aliphatic rings. The van der Waals surface area contributed by atoms with Gasteiger partial charge in [-0.3, -0.25) is 0 Å². The molecule has 0 amide bonds. The van der Waals surface area contributed by atoms with Crippen LogP contribution < -0.4 is 4.74 Å². The molecule has 96 valence electrons. The molecule has 0 spiro atoms. The standard InChI is InChI=1S/C14H19N3O/c1-10(2)17-9-15-16-14(17)12-6-5-7-13(8-12)18-11(3)4/h5-11H,1-4H3. The molecule has 0 aliphatic heterocycles. The molecule has 0 fully saturated rings. The van der Waals surface area contributed by atoms with E-state index in [4.69, 9.17) is 4.74 Å². The van der Waals surface area contributed by atoms with Crippen LogP contribution in [0.25, 0.3) is 11.4 Å². The first-order chi connectivity index (χ1) is 8.58. The summed E-state index contributed by atoms with van der Waals surface area (Å²) in [6.45, 7) is 8.26. The van der Waals surface area contributed by atoms with Crippen LogP contribution in [0.1, 0.15) is 33.7 Å². The fourth-order valence-electron chi connectivity index (χ4n) is 1.81. The van der Waals surface area contributed by atoms with Gasteiger partial charge < -0.3 is 9.30 Å². The zero-order chi connectivity index (χ0) is 13.1. The molecule has 18 heavy (non-hydrogen) atoms. The van der Waals surface area contributed by atoms with Crippen LogP contribution in [0.5, 0.6) is 5.75 Å². The minimum atomic E-state index is 0.170. The maximum Gasteiger partial charge on any atom is 0.164 e. The molecule has 2 rings (SSSR count). The zero-order valence-electron chi connectivity index (χ0n) is 11.3. The van der Waals surface area contributed by atoms with E-state index in [9.17, 15) is 0 Å². The molecule has 0 saturated heterocycles. The van der Waals surface area contributed by atoms with Crippen molar-refractivity contribution in [3.63, 3.8) is 0 Å². The normalized spacial score (nSPS) is 11.2. The minimum absolute atomic E-state index is 0.170. The number of nitrogens with zero attached hydrogens (tertiary/aromatic N) is 3. The van der Waals surface area contributed by atoms with Crippen LogP contribution in [0.4, 0.5) is 0 Å². The van der Waals surface area contributed by atoms with Gasteiger partial charge in [0.1, 0.15) is 12.1 Å². The lowest BCUT2D eigenvalue weighted by atomic mass is 10.2. The zero-order valence-corrected chi connectivity index (χ0v) is 11.3. The molecule has 2 aromatic rings. The third-order valence-electron chi connectivity index (χ3n) is 2.59. The average Bonchev–Trinajstić information content (AvgIpc) is 2.77. The van der Waals surface area contributed by atoms with E-state index in [1.165, 1.54) is 0 Å². The van der Waals surface area contributed by atoms with Gasteiger partial charge >= 0.3 is 0 Å². The largest absolute Gasteiger partial charge is 0.491 e. The highest BCUT2D eigenvalue weighted by atomic mass is 16.5. The summed E-state index contributed by atoms with van der Waals surface area (Å²) in [5.41, 5.74) is 1.03. The van der Waals surface area contributed by atoms with Crippen LogP contribution in [0.15, 0.2) is 30.6 Å². The van der Waals surface area contributed by atoms with E-state index in [-0.39, 0.29) is 6.10 Å². The number of hydrogen-bond acceptors (Lipinski definition) is 3. The summed E-state index contributed by atoms with van der Waals surface area (Å²) < 4.78 is 7.75. The van der Waals surface area contributed by atoms with Crippen molar-refractivity contribution in [3.05, 3.63) is 30.6 Å². The molecule has 0 radical (unpaired) electrons. The van der Waals surface area contributed by atoms with E-state index in [0.29, 0.717) is 6.04 Å². The Morgan fingerprint density at radius 2 is 1.94 bits per heavy atom. The van der Waals surface area contributed by atoms with Crippen LogP contribution in [-0.2, 0) is 0 Å². The molecule has 0 N–H and O–H groups in total. The predicted molar refractivity (Wildman–Crippen MR) is 71.6 cm³/mol. The van der Waals surface area contributed by atoms with E-state index in [1.54, 1.807) is 6.33 Å². The second kappa shape index (κ2) is 5.21. The van der Waals surface area contributed by atoms with E-state index in [1.807, 2.05) is 38.1 Å². The number of rotatable bonds is 4. The van der Waals surface area contributed by atoms with Gasteiger partial charge in [0.05, 0.1) is 6.10 Å². The highest BCUT2D eigenvalue weighted by Gasteiger charge is 2.10. The number of hydrogen-bond donors (Lipinski definition) is 0. The lowest BCUT2D eigenvalue weighted by Gasteiger charge is -2.12. The lowest BCUT2D eigenvalue weighted by Crippen LogP contribution is -2.06. The van der Waals surface area contributed by atoms with Crippen molar-refractivity contribution < 1.29 is 4.74 Å². The minimum Gasteiger partial charge on any atom is -0.491 e. The highest BCUT2D eigenvalue weighted by Crippen LogP contribution is 2.24. The molecule has 1 heterocycles. The van der Waals surface area contributed by atoms with Crippen molar-refractivity contribution in [2.75, 3.05) is 0 Å². The highest BCUT2D eigenvalue weighted by molar-refractivity contribution is 5.57. The van der Waals surface area contributed by atoms with Gasteiger partial charge in [0.25, 0.3) is 0 Å². The fourth-order valence-corrected chi connectivity index (χ4v) is 1.81. The van der Waals surface area contributed by atoms with Crippen molar-refractivity contribution in [1.82, 2.24) is 14.8 Å². The van der Waals surface area contributed by atoms with E-state index >= 15 is 0 Å². The van der Waals surface area contributed by atoms with E-state index in [2.05, 4.69) is 28.6 Å². The Morgan fingerprint density at radius 3 is 2.61 bits per heavy atom. The molecule has 4 heteroatoms. The first kappa shape index (κ1) is 12.6. The smallest absolute Gasteiger partial charge is 0.164 e. The van der Waals surface area contributed by atoms with Crippen LogP contribution in [0.3, 0.4) is 0 Å². The summed E-state index contributed by atoms with van der Waals surface area (Å²) in [7, 11) is 0. The molecule has 0 unspecified atom stereocenters. The Bertz CT molecular complexity index is 517. The first-order valence-electron chi connectivity index (χ1n) is 6.24. The van der Waals surface area contributed by atoms with Crippen molar-refractivity contribution in [1.29, 1.82) is 0 Å². The number of aromatic nitrogens is 3. The third-order valence-corrected chi connectivity index (χ3v) is 2.59. The summed E-state index contributed by atoms with van der Waals surface area (Å²) in [6.07, 6.45) is 1.93. The lowest BCUT2D eigenvalue weighted by molar-refractivity contribution is 0.242. The Morgan fingerprint density at radius 1 is 1.17 bits per heavy atom. The van der Waals surface area contributed by atoms with Gasteiger partial charge in [-0.15, -0.1) is 10.2 Å². The van der Waals surface area contributed by atoms with Crippen molar-refractivity contribution >= 4 is 0 Å². The molecular weight excluding hydrogens is 226 g/mol. The predicted octanol–water partition coefficient (Wildman–Crippen LogP) is 3.31. The third kappa shape index (κ3) is 2.70. The summed E-state index contributed by atoms with van der Waals surface area (Å²) in [5, 5.41) is 8.17. The Hall–Kier alpha value is -1.84. The molecule has 0 saturated carbocycles. The van der Waals surface area contributed by atoms with Gasteiger partial charge in [-0.05, 0) is 39.8 Å². The van der Waals surface area contributed by atoms with E-state index < -0.39 is 0 Å². The van der Waals surface area contributed by atoms with Crippen molar-refractivity contribution in [3.8, 4) is 17.1 Å². The summed E-state index contributed by atoms with van der Waals surface area (Å²) in [4.78, 5) is 0. The van der Waals surface area contributed by atoms with Crippen molar-refractivity contribution in [2.45, 2.75) is 39.8 Å². The SMILES string of the molecule is CC(C)Oc1cccc(-c2nncn2C(C)C)c1. The second-order valence-electron chi connectivity index (χ2n) is 4.85. The Labute approximate surface area is 108 Å². The molecule has 4 nitrogen and oxygen atoms in total. The molecule has 1 aromatic heterocycles. The quantitative estimate of drug-likeness (QED) is 0.829. The number of ether oxygens (including phenoxy) is 1. The maximum absolute atomic E-state index is 5.70. The Kier molecular flexibility index (Phi) is 3.65. The second-order valence-corrected chi connectivity index (χ2v) is 4.85. The van der Waals surface area contributed by atoms with Gasteiger partial charge in [-0.25, -0.2) is 0 Å². The first-order valence-corrected chi connectivity index (χ1v) is 6.24. The average molecular weight is 245 g/mol. The van der Waals surface area contributed by atoms with Gasteiger partial charge in [0.15, 0.2) is 5.82 Å². The van der Waals surface area contributed by atoms with Gasteiger partial charge in [-0.2, -0.15) is 0 Å². The Balaban J connectivity index is 2.35. The topological polar surface area (TPSA) is 39.9 Å². The van der Waals surface area contributed by atoms with Gasteiger partial charge in [0.2, 0.25) is 0 Å². The molecule has 0 aliphatic carbocycles.